The molecular weight excluding hydrogens is 286 g/mol. The normalized spacial score (nSPS) is 12.7. The van der Waals surface area contributed by atoms with E-state index in [0.29, 0.717) is 0 Å². The maximum atomic E-state index is 12.3. The highest BCUT2D eigenvalue weighted by atomic mass is 32.2. The van der Waals surface area contributed by atoms with Gasteiger partial charge in [0.25, 0.3) is 0 Å². The first kappa shape index (κ1) is 16.7. The summed E-state index contributed by atoms with van der Waals surface area (Å²) in [5.41, 5.74) is -1.05. The fourth-order valence-corrected chi connectivity index (χ4v) is 3.25. The SMILES string of the molecule is COC(C)(C)CNS(=O)(=O)c1c(C)oc(C)c1C(=O)O. The summed E-state index contributed by atoms with van der Waals surface area (Å²) in [7, 11) is -2.53. The number of nitrogens with one attached hydrogen (secondary N) is 1. The highest BCUT2D eigenvalue weighted by Gasteiger charge is 2.32. The maximum Gasteiger partial charge on any atom is 0.340 e. The monoisotopic (exact) mass is 305 g/mol. The van der Waals surface area contributed by atoms with E-state index in [1.165, 1.54) is 21.0 Å². The Morgan fingerprint density at radius 2 is 1.90 bits per heavy atom. The number of methoxy groups -OCH3 is 1. The number of aromatic carboxylic acids is 1. The number of furan rings is 1. The number of rotatable bonds is 6. The van der Waals surface area contributed by atoms with Crippen molar-refractivity contribution in [2.75, 3.05) is 13.7 Å². The third-order valence-corrected chi connectivity index (χ3v) is 4.48. The standard InChI is InChI=1S/C12H19NO6S/c1-7-9(11(14)15)10(8(2)19-7)20(16,17)13-6-12(3,4)18-5/h13H,6H2,1-5H3,(H,14,15). The largest absolute Gasteiger partial charge is 0.478 e. The summed E-state index contributed by atoms with van der Waals surface area (Å²) in [6, 6.07) is 0. The van der Waals surface area contributed by atoms with E-state index in [1.54, 1.807) is 13.8 Å². The van der Waals surface area contributed by atoms with Gasteiger partial charge in [0.2, 0.25) is 10.0 Å². The van der Waals surface area contributed by atoms with Crippen molar-refractivity contribution in [3.63, 3.8) is 0 Å². The van der Waals surface area contributed by atoms with Gasteiger partial charge in [0.1, 0.15) is 22.0 Å². The molecule has 0 aromatic carbocycles. The molecule has 1 heterocycles. The van der Waals surface area contributed by atoms with E-state index in [1.807, 2.05) is 0 Å². The van der Waals surface area contributed by atoms with E-state index in [4.69, 9.17) is 14.3 Å². The Bertz CT molecular complexity index is 614. The Kier molecular flexibility index (Phi) is 4.62. The van der Waals surface area contributed by atoms with Crippen LogP contribution in [0.3, 0.4) is 0 Å². The molecule has 1 aromatic rings. The van der Waals surface area contributed by atoms with Crippen molar-refractivity contribution in [2.45, 2.75) is 38.2 Å². The van der Waals surface area contributed by atoms with Gasteiger partial charge >= 0.3 is 5.97 Å². The average molecular weight is 305 g/mol. The first-order valence-corrected chi connectivity index (χ1v) is 7.38. The fraction of sp³-hybridized carbons (Fsp3) is 0.583. The third-order valence-electron chi connectivity index (χ3n) is 2.93. The molecule has 114 valence electrons. The number of ether oxygens (including phenoxy) is 1. The molecule has 7 nitrogen and oxygen atoms in total. The lowest BCUT2D eigenvalue weighted by atomic mass is 10.1. The van der Waals surface area contributed by atoms with Gasteiger partial charge in [-0.1, -0.05) is 0 Å². The topological polar surface area (TPSA) is 106 Å². The minimum absolute atomic E-state index is 0.00849. The highest BCUT2D eigenvalue weighted by Crippen LogP contribution is 2.26. The maximum absolute atomic E-state index is 12.3. The summed E-state index contributed by atoms with van der Waals surface area (Å²) in [5.74, 6) is -1.24. The lowest BCUT2D eigenvalue weighted by Crippen LogP contribution is -2.40. The van der Waals surface area contributed by atoms with Crippen molar-refractivity contribution >= 4 is 16.0 Å². The Labute approximate surface area is 118 Å². The molecule has 0 spiro atoms. The van der Waals surface area contributed by atoms with Crippen LogP contribution in [0.1, 0.15) is 35.7 Å². The molecule has 0 saturated heterocycles. The van der Waals surface area contributed by atoms with E-state index >= 15 is 0 Å². The van der Waals surface area contributed by atoms with Crippen molar-refractivity contribution in [1.29, 1.82) is 0 Å². The molecule has 8 heteroatoms. The summed E-state index contributed by atoms with van der Waals surface area (Å²) >= 11 is 0. The van der Waals surface area contributed by atoms with Gasteiger partial charge in [-0.25, -0.2) is 17.9 Å². The van der Waals surface area contributed by atoms with Crippen LogP contribution in [0.5, 0.6) is 0 Å². The van der Waals surface area contributed by atoms with Gasteiger partial charge in [-0.3, -0.25) is 0 Å². The molecule has 20 heavy (non-hydrogen) atoms. The summed E-state index contributed by atoms with van der Waals surface area (Å²) < 4.78 is 37.1. The molecule has 0 unspecified atom stereocenters. The van der Waals surface area contributed by atoms with E-state index in [-0.39, 0.29) is 28.5 Å². The smallest absolute Gasteiger partial charge is 0.340 e. The lowest BCUT2D eigenvalue weighted by Gasteiger charge is -2.23. The molecule has 0 aliphatic rings. The van der Waals surface area contributed by atoms with Gasteiger partial charge in [0.05, 0.1) is 5.60 Å². The Balaban J connectivity index is 3.20. The average Bonchev–Trinajstić information content (AvgIpc) is 2.63. The molecule has 1 rings (SSSR count). The number of carboxylic acids is 1. The molecular formula is C12H19NO6S. The second kappa shape index (κ2) is 5.55. The number of carbonyl (C=O) groups is 1. The zero-order valence-corrected chi connectivity index (χ0v) is 12.9. The van der Waals surface area contributed by atoms with Crippen LogP contribution in [0.15, 0.2) is 9.31 Å². The predicted octanol–water partition coefficient (Wildman–Crippen LogP) is 1.30. The molecule has 0 radical (unpaired) electrons. The molecule has 0 saturated carbocycles. The van der Waals surface area contributed by atoms with Crippen molar-refractivity contribution < 1.29 is 27.5 Å². The van der Waals surface area contributed by atoms with Gasteiger partial charge in [-0.2, -0.15) is 0 Å². The molecule has 2 N–H and O–H groups in total. The minimum atomic E-state index is -3.99. The molecule has 1 aromatic heterocycles. The van der Waals surface area contributed by atoms with Crippen LogP contribution < -0.4 is 4.72 Å². The van der Waals surface area contributed by atoms with Gasteiger partial charge in [0, 0.05) is 13.7 Å². The molecule has 0 fully saturated rings. The van der Waals surface area contributed by atoms with E-state index in [0.717, 1.165) is 0 Å². The number of carboxylic acid groups (broad SMARTS) is 1. The molecule has 0 atom stereocenters. The van der Waals surface area contributed by atoms with Crippen molar-refractivity contribution in [3.8, 4) is 0 Å². The summed E-state index contributed by atoms with van der Waals surface area (Å²) in [6.45, 7) is 6.25. The molecule has 0 aliphatic heterocycles. The first-order valence-electron chi connectivity index (χ1n) is 5.90. The van der Waals surface area contributed by atoms with Crippen LogP contribution in [-0.2, 0) is 14.8 Å². The third kappa shape index (κ3) is 3.38. The van der Waals surface area contributed by atoms with Crippen LogP contribution in [-0.4, -0.2) is 38.7 Å². The van der Waals surface area contributed by atoms with E-state index in [2.05, 4.69) is 4.72 Å². The zero-order chi connectivity index (χ0) is 15.7. The predicted molar refractivity (Wildman–Crippen MR) is 71.4 cm³/mol. The second-order valence-corrected chi connectivity index (χ2v) is 6.72. The summed E-state index contributed by atoms with van der Waals surface area (Å²) in [5, 5.41) is 9.12. The number of aryl methyl sites for hydroxylation is 2. The van der Waals surface area contributed by atoms with Crippen LogP contribution in [0.25, 0.3) is 0 Å². The van der Waals surface area contributed by atoms with E-state index in [9.17, 15) is 13.2 Å². The number of sulfonamides is 1. The quantitative estimate of drug-likeness (QED) is 0.820. The van der Waals surface area contributed by atoms with Crippen LogP contribution in [0.2, 0.25) is 0 Å². The second-order valence-electron chi connectivity index (χ2n) is 5.01. The summed E-state index contributed by atoms with van der Waals surface area (Å²) in [6.07, 6.45) is 0. The zero-order valence-electron chi connectivity index (χ0n) is 12.1. The van der Waals surface area contributed by atoms with Crippen molar-refractivity contribution in [1.82, 2.24) is 4.72 Å². The van der Waals surface area contributed by atoms with Crippen molar-refractivity contribution in [3.05, 3.63) is 17.1 Å². The Morgan fingerprint density at radius 3 is 2.35 bits per heavy atom. The Morgan fingerprint density at radius 1 is 1.35 bits per heavy atom. The molecule has 0 aliphatic carbocycles. The van der Waals surface area contributed by atoms with Gasteiger partial charge in [-0.05, 0) is 27.7 Å². The van der Waals surface area contributed by atoms with Crippen LogP contribution >= 0.6 is 0 Å². The van der Waals surface area contributed by atoms with Gasteiger partial charge < -0.3 is 14.3 Å². The van der Waals surface area contributed by atoms with Gasteiger partial charge in [-0.15, -0.1) is 0 Å². The highest BCUT2D eigenvalue weighted by molar-refractivity contribution is 7.89. The molecule has 0 bridgehead atoms. The van der Waals surface area contributed by atoms with Crippen LogP contribution in [0, 0.1) is 13.8 Å². The number of hydrogen-bond donors (Lipinski definition) is 2. The fourth-order valence-electron chi connectivity index (χ4n) is 1.65. The minimum Gasteiger partial charge on any atom is -0.478 e. The van der Waals surface area contributed by atoms with Crippen molar-refractivity contribution in [2.24, 2.45) is 0 Å². The van der Waals surface area contributed by atoms with Crippen LogP contribution in [0.4, 0.5) is 0 Å². The summed E-state index contributed by atoms with van der Waals surface area (Å²) in [4.78, 5) is 10.8. The van der Waals surface area contributed by atoms with Gasteiger partial charge in [0.15, 0.2) is 0 Å². The molecule has 0 amide bonds. The number of hydrogen-bond acceptors (Lipinski definition) is 5. The Hall–Kier alpha value is -1.38. The van der Waals surface area contributed by atoms with E-state index < -0.39 is 21.6 Å². The lowest BCUT2D eigenvalue weighted by molar-refractivity contribution is 0.0276. The first-order chi connectivity index (χ1) is 9.02.